The van der Waals surface area contributed by atoms with Gasteiger partial charge in [0.2, 0.25) is 11.6 Å². The average molecular weight is 213 g/mol. The predicted octanol–water partition coefficient (Wildman–Crippen LogP) is 1.88. The molecule has 1 aromatic carbocycles. The summed E-state index contributed by atoms with van der Waals surface area (Å²) >= 11 is 0. The van der Waals surface area contributed by atoms with Crippen molar-refractivity contribution in [3.63, 3.8) is 0 Å². The normalized spacial score (nSPS) is 15.6. The quantitative estimate of drug-likeness (QED) is 0.627. The van der Waals surface area contributed by atoms with Crippen LogP contribution in [-0.4, -0.2) is 16.1 Å². The largest absolute Gasteiger partial charge is 0.350 e. The maximum Gasteiger partial charge on any atom is 0.229 e. The Morgan fingerprint density at radius 3 is 2.81 bits per heavy atom. The highest BCUT2D eigenvalue weighted by Crippen LogP contribution is 2.28. The molecule has 3 nitrogen and oxygen atoms in total. The molecule has 0 aliphatic heterocycles. The summed E-state index contributed by atoms with van der Waals surface area (Å²) in [6.45, 7) is 0. The van der Waals surface area contributed by atoms with Gasteiger partial charge in [-0.25, -0.2) is 0 Å². The van der Waals surface area contributed by atoms with Crippen LogP contribution in [0.3, 0.4) is 0 Å². The van der Waals surface area contributed by atoms with Gasteiger partial charge in [-0.3, -0.25) is 9.59 Å². The van der Waals surface area contributed by atoms with Crippen molar-refractivity contribution in [2.75, 3.05) is 0 Å². The number of carbonyl (C=O) groups is 2. The van der Waals surface area contributed by atoms with Gasteiger partial charge in [0.25, 0.3) is 0 Å². The van der Waals surface area contributed by atoms with Gasteiger partial charge in [-0.1, -0.05) is 12.1 Å². The molecule has 0 amide bonds. The summed E-state index contributed by atoms with van der Waals surface area (Å²) in [6, 6.07) is 5.56. The van der Waals surface area contributed by atoms with Crippen molar-refractivity contribution >= 4 is 22.5 Å². The van der Waals surface area contributed by atoms with E-state index in [-0.39, 0.29) is 11.6 Å². The van der Waals surface area contributed by atoms with Crippen molar-refractivity contribution in [3.05, 3.63) is 35.5 Å². The number of ketones is 2. The fraction of sp³-hybridized carbons (Fsp3) is 0.231. The summed E-state index contributed by atoms with van der Waals surface area (Å²) < 4.78 is 2.01. The lowest BCUT2D eigenvalue weighted by atomic mass is 10.0. The Morgan fingerprint density at radius 1 is 1.19 bits per heavy atom. The van der Waals surface area contributed by atoms with E-state index in [2.05, 4.69) is 0 Å². The molecule has 2 aromatic rings. The summed E-state index contributed by atoms with van der Waals surface area (Å²) in [4.78, 5) is 23.4. The highest BCUT2D eigenvalue weighted by Gasteiger charge is 2.25. The molecule has 0 spiro atoms. The van der Waals surface area contributed by atoms with E-state index in [1.165, 1.54) is 0 Å². The number of aromatic nitrogens is 1. The second-order valence-corrected chi connectivity index (χ2v) is 4.22. The second-order valence-electron chi connectivity index (χ2n) is 4.22. The first-order valence-corrected chi connectivity index (χ1v) is 5.33. The van der Waals surface area contributed by atoms with Crippen LogP contribution in [0.25, 0.3) is 10.9 Å². The van der Waals surface area contributed by atoms with Crippen LogP contribution < -0.4 is 0 Å². The van der Waals surface area contributed by atoms with Gasteiger partial charge in [0, 0.05) is 36.1 Å². The summed E-state index contributed by atoms with van der Waals surface area (Å²) in [5.74, 6) is -0.609. The van der Waals surface area contributed by atoms with Crippen molar-refractivity contribution < 1.29 is 9.59 Å². The molecule has 1 heterocycles. The first-order valence-electron chi connectivity index (χ1n) is 5.33. The highest BCUT2D eigenvalue weighted by molar-refractivity contribution is 6.46. The third kappa shape index (κ3) is 1.08. The van der Waals surface area contributed by atoms with Crippen molar-refractivity contribution in [1.82, 2.24) is 4.57 Å². The molecular formula is C13H11NO2. The van der Waals surface area contributed by atoms with Crippen LogP contribution in [-0.2, 0) is 18.3 Å². The maximum atomic E-state index is 11.9. The summed E-state index contributed by atoms with van der Waals surface area (Å²) in [5, 5.41) is 0.959. The van der Waals surface area contributed by atoms with E-state index in [1.807, 2.05) is 29.9 Å². The molecule has 1 aliphatic rings. The Balaban J connectivity index is 2.46. The minimum absolute atomic E-state index is 0.272. The molecule has 1 aliphatic carbocycles. The number of nitrogens with zero attached hydrogens (tertiary/aromatic N) is 1. The molecule has 0 atom stereocenters. The van der Waals surface area contributed by atoms with Gasteiger partial charge in [0.15, 0.2) is 0 Å². The van der Waals surface area contributed by atoms with E-state index in [4.69, 9.17) is 0 Å². The standard InChI is InChI=1S/C13H11NO2/c1-14-7-8-5-6-11(15)13(16)9-3-2-4-10(14)12(8)9/h2-4,7H,5-6H2,1H3. The van der Waals surface area contributed by atoms with Gasteiger partial charge >= 0.3 is 0 Å². The Labute approximate surface area is 92.7 Å². The smallest absolute Gasteiger partial charge is 0.229 e. The first-order chi connectivity index (χ1) is 7.68. The van der Waals surface area contributed by atoms with Crippen LogP contribution in [0.4, 0.5) is 0 Å². The van der Waals surface area contributed by atoms with Gasteiger partial charge in [0.1, 0.15) is 0 Å². The van der Waals surface area contributed by atoms with Crippen LogP contribution in [0, 0.1) is 0 Å². The SMILES string of the molecule is Cn1cc2c3c(cccc31)C(=O)C(=O)CC2. The van der Waals surface area contributed by atoms with Crippen molar-refractivity contribution in [3.8, 4) is 0 Å². The van der Waals surface area contributed by atoms with Crippen molar-refractivity contribution in [2.24, 2.45) is 7.05 Å². The van der Waals surface area contributed by atoms with Crippen LogP contribution in [0.1, 0.15) is 22.3 Å². The summed E-state index contributed by atoms with van der Waals surface area (Å²) in [7, 11) is 1.96. The molecule has 0 fully saturated rings. The Bertz CT molecular complexity index is 622. The topological polar surface area (TPSA) is 39.1 Å². The number of benzene rings is 1. The van der Waals surface area contributed by atoms with Gasteiger partial charge in [-0.2, -0.15) is 0 Å². The zero-order valence-electron chi connectivity index (χ0n) is 8.99. The third-order valence-electron chi connectivity index (χ3n) is 3.21. The number of hydrogen-bond donors (Lipinski definition) is 0. The zero-order chi connectivity index (χ0) is 11.3. The second kappa shape index (κ2) is 3.04. The molecule has 3 rings (SSSR count). The summed E-state index contributed by atoms with van der Waals surface area (Å²) in [5.41, 5.74) is 2.69. The molecule has 0 N–H and O–H groups in total. The molecule has 80 valence electrons. The first kappa shape index (κ1) is 9.33. The van der Waals surface area contributed by atoms with Crippen LogP contribution in [0.2, 0.25) is 0 Å². The molecule has 0 bridgehead atoms. The molecule has 0 unspecified atom stereocenters. The predicted molar refractivity (Wildman–Crippen MR) is 60.6 cm³/mol. The van der Waals surface area contributed by atoms with Crippen molar-refractivity contribution in [1.29, 1.82) is 0 Å². The minimum Gasteiger partial charge on any atom is -0.350 e. The molecule has 0 saturated heterocycles. The lowest BCUT2D eigenvalue weighted by Crippen LogP contribution is -2.12. The molecule has 1 aromatic heterocycles. The van der Waals surface area contributed by atoms with E-state index in [9.17, 15) is 9.59 Å². The zero-order valence-corrected chi connectivity index (χ0v) is 8.99. The fourth-order valence-corrected chi connectivity index (χ4v) is 2.43. The average Bonchev–Trinajstić information content (AvgIpc) is 2.56. The van der Waals surface area contributed by atoms with Gasteiger partial charge < -0.3 is 4.57 Å². The monoisotopic (exact) mass is 213 g/mol. The number of Topliss-reactive ketones (excluding diaryl/α,β-unsaturated/α-hetero) is 2. The molecule has 3 heteroatoms. The Hall–Kier alpha value is -1.90. The molecular weight excluding hydrogens is 202 g/mol. The van der Waals surface area contributed by atoms with Gasteiger partial charge in [-0.15, -0.1) is 0 Å². The number of hydrogen-bond acceptors (Lipinski definition) is 2. The molecule has 16 heavy (non-hydrogen) atoms. The Kier molecular flexibility index (Phi) is 1.78. The number of aryl methyl sites for hydroxylation is 2. The maximum absolute atomic E-state index is 11.9. The van der Waals surface area contributed by atoms with E-state index < -0.39 is 0 Å². The fourth-order valence-electron chi connectivity index (χ4n) is 2.43. The van der Waals surface area contributed by atoms with E-state index in [1.54, 1.807) is 6.07 Å². The van der Waals surface area contributed by atoms with E-state index >= 15 is 0 Å². The Morgan fingerprint density at radius 2 is 2.00 bits per heavy atom. The lowest BCUT2D eigenvalue weighted by Gasteiger charge is -2.00. The highest BCUT2D eigenvalue weighted by atomic mass is 16.2. The molecule has 0 saturated carbocycles. The van der Waals surface area contributed by atoms with Crippen LogP contribution in [0.5, 0.6) is 0 Å². The van der Waals surface area contributed by atoms with Crippen molar-refractivity contribution in [2.45, 2.75) is 12.8 Å². The third-order valence-corrected chi connectivity index (χ3v) is 3.21. The minimum atomic E-state index is -0.337. The number of carbonyl (C=O) groups excluding carboxylic acids is 2. The van der Waals surface area contributed by atoms with E-state index in [0.29, 0.717) is 18.4 Å². The molecule has 0 radical (unpaired) electrons. The van der Waals surface area contributed by atoms with E-state index in [0.717, 1.165) is 16.5 Å². The lowest BCUT2D eigenvalue weighted by molar-refractivity contribution is -0.115. The van der Waals surface area contributed by atoms with Gasteiger partial charge in [-0.05, 0) is 18.1 Å². The summed E-state index contributed by atoms with van der Waals surface area (Å²) in [6.07, 6.45) is 3.01. The van der Waals surface area contributed by atoms with Crippen LogP contribution >= 0.6 is 0 Å². The van der Waals surface area contributed by atoms with Gasteiger partial charge in [0.05, 0.1) is 0 Å². The number of rotatable bonds is 0. The van der Waals surface area contributed by atoms with Crippen LogP contribution in [0.15, 0.2) is 24.4 Å².